The summed E-state index contributed by atoms with van der Waals surface area (Å²) in [5, 5.41) is 0. The van der Waals surface area contributed by atoms with Crippen molar-refractivity contribution >= 4 is 17.8 Å². The first-order chi connectivity index (χ1) is 10.6. The van der Waals surface area contributed by atoms with Crippen LogP contribution >= 0.6 is 0 Å². The maximum Gasteiger partial charge on any atom is 0.331 e. The number of Topliss-reactive ketones (excluding diaryl/α,β-unsaturated/α-hetero) is 1. The van der Waals surface area contributed by atoms with E-state index < -0.39 is 12.1 Å². The molecule has 1 aliphatic rings. The van der Waals surface area contributed by atoms with Gasteiger partial charge in [-0.2, -0.15) is 0 Å². The third-order valence-corrected chi connectivity index (χ3v) is 3.58. The molecule has 5 heteroatoms. The number of esters is 1. The van der Waals surface area contributed by atoms with Crippen LogP contribution in [0, 0.1) is 0 Å². The zero-order valence-electron chi connectivity index (χ0n) is 12.8. The first kappa shape index (κ1) is 16.1. The fraction of sp³-hybridized carbons (Fsp3) is 0.412. The molecule has 1 aromatic rings. The first-order valence-electron chi connectivity index (χ1n) is 7.27. The summed E-state index contributed by atoms with van der Waals surface area (Å²) in [7, 11) is 3.11. The van der Waals surface area contributed by atoms with Gasteiger partial charge in [-0.05, 0) is 43.0 Å². The molecule has 0 radical (unpaired) electrons. The average molecular weight is 304 g/mol. The maximum absolute atomic E-state index is 11.8. The van der Waals surface area contributed by atoms with Crippen molar-refractivity contribution in [2.45, 2.75) is 31.8 Å². The molecule has 0 heterocycles. The Morgan fingerprint density at radius 1 is 1.18 bits per heavy atom. The molecule has 0 saturated heterocycles. The van der Waals surface area contributed by atoms with E-state index in [2.05, 4.69) is 0 Å². The lowest BCUT2D eigenvalue weighted by Gasteiger charge is -2.19. The quantitative estimate of drug-likeness (QED) is 0.618. The van der Waals surface area contributed by atoms with E-state index in [1.165, 1.54) is 6.08 Å². The van der Waals surface area contributed by atoms with Crippen molar-refractivity contribution in [3.8, 4) is 11.5 Å². The molecule has 0 amide bonds. The molecule has 0 bridgehead atoms. The smallest absolute Gasteiger partial charge is 0.331 e. The number of hydrogen-bond acceptors (Lipinski definition) is 5. The molecule has 1 aromatic carbocycles. The van der Waals surface area contributed by atoms with Gasteiger partial charge in [0.25, 0.3) is 0 Å². The van der Waals surface area contributed by atoms with E-state index >= 15 is 0 Å². The monoisotopic (exact) mass is 304 g/mol. The van der Waals surface area contributed by atoms with Gasteiger partial charge in [-0.1, -0.05) is 6.07 Å². The van der Waals surface area contributed by atoms with Crippen LogP contribution in [0.4, 0.5) is 0 Å². The Bertz CT molecular complexity index is 576. The van der Waals surface area contributed by atoms with Crippen LogP contribution in [0.3, 0.4) is 0 Å². The van der Waals surface area contributed by atoms with E-state index in [1.807, 2.05) is 0 Å². The van der Waals surface area contributed by atoms with Crippen LogP contribution < -0.4 is 9.47 Å². The lowest BCUT2D eigenvalue weighted by Crippen LogP contribution is -2.29. The first-order valence-corrected chi connectivity index (χ1v) is 7.27. The molecule has 1 atom stereocenters. The molecular formula is C17H20O5. The summed E-state index contributed by atoms with van der Waals surface area (Å²) in [6, 6.07) is 5.32. The standard InChI is InChI=1S/C17H20O5/c1-20-15-9-7-12(11-16(15)21-2)8-10-17(19)22-14-6-4-3-5-13(14)18/h7-11,14H,3-6H2,1-2H3. The minimum Gasteiger partial charge on any atom is -0.493 e. The Labute approximate surface area is 129 Å². The molecule has 5 nitrogen and oxygen atoms in total. The minimum atomic E-state index is -0.587. The number of methoxy groups -OCH3 is 2. The lowest BCUT2D eigenvalue weighted by molar-refractivity contribution is -0.152. The van der Waals surface area contributed by atoms with E-state index in [9.17, 15) is 9.59 Å². The van der Waals surface area contributed by atoms with E-state index in [0.717, 1.165) is 18.4 Å². The summed E-state index contributed by atoms with van der Waals surface area (Å²) in [6.45, 7) is 0. The molecule has 22 heavy (non-hydrogen) atoms. The van der Waals surface area contributed by atoms with Gasteiger partial charge in [-0.25, -0.2) is 4.79 Å². The van der Waals surface area contributed by atoms with Crippen LogP contribution in [0.25, 0.3) is 6.08 Å². The van der Waals surface area contributed by atoms with Gasteiger partial charge in [0.1, 0.15) is 0 Å². The SMILES string of the molecule is COc1ccc(C=CC(=O)OC2CCCCC2=O)cc1OC. The summed E-state index contributed by atoms with van der Waals surface area (Å²) in [4.78, 5) is 23.4. The number of rotatable bonds is 5. The van der Waals surface area contributed by atoms with Gasteiger partial charge < -0.3 is 14.2 Å². The number of benzene rings is 1. The molecule has 0 spiro atoms. The molecule has 1 aliphatic carbocycles. The second-order valence-corrected chi connectivity index (χ2v) is 5.09. The van der Waals surface area contributed by atoms with Crippen molar-refractivity contribution < 1.29 is 23.8 Å². The third kappa shape index (κ3) is 4.10. The number of ether oxygens (including phenoxy) is 3. The molecular weight excluding hydrogens is 284 g/mol. The van der Waals surface area contributed by atoms with E-state index in [-0.39, 0.29) is 5.78 Å². The van der Waals surface area contributed by atoms with Crippen LogP contribution in [-0.2, 0) is 14.3 Å². The maximum atomic E-state index is 11.8. The van der Waals surface area contributed by atoms with E-state index in [4.69, 9.17) is 14.2 Å². The number of carbonyl (C=O) groups is 2. The fourth-order valence-electron chi connectivity index (χ4n) is 2.38. The van der Waals surface area contributed by atoms with Crippen LogP contribution in [0.2, 0.25) is 0 Å². The highest BCUT2D eigenvalue weighted by Crippen LogP contribution is 2.28. The molecule has 118 valence electrons. The molecule has 1 fully saturated rings. The molecule has 2 rings (SSSR count). The van der Waals surface area contributed by atoms with Gasteiger partial charge in [0.2, 0.25) is 0 Å². The summed E-state index contributed by atoms with van der Waals surface area (Å²) in [5.41, 5.74) is 0.782. The van der Waals surface area contributed by atoms with Crippen molar-refractivity contribution in [3.05, 3.63) is 29.8 Å². The molecule has 0 aliphatic heterocycles. The summed E-state index contributed by atoms with van der Waals surface area (Å²) < 4.78 is 15.5. The zero-order chi connectivity index (χ0) is 15.9. The molecule has 0 aromatic heterocycles. The Morgan fingerprint density at radius 3 is 2.64 bits per heavy atom. The summed E-state index contributed by atoms with van der Waals surface area (Å²) in [5.74, 6) is 0.713. The predicted octanol–water partition coefficient (Wildman–Crippen LogP) is 2.77. The average Bonchev–Trinajstić information content (AvgIpc) is 2.54. The van der Waals surface area contributed by atoms with E-state index in [0.29, 0.717) is 24.3 Å². The normalized spacial score (nSPS) is 18.3. The molecule has 1 unspecified atom stereocenters. The Hall–Kier alpha value is -2.30. The second-order valence-electron chi connectivity index (χ2n) is 5.09. The number of ketones is 1. The summed E-state index contributed by atoms with van der Waals surface area (Å²) >= 11 is 0. The van der Waals surface area contributed by atoms with Gasteiger partial charge in [0.05, 0.1) is 14.2 Å². The largest absolute Gasteiger partial charge is 0.493 e. The van der Waals surface area contributed by atoms with E-state index in [1.54, 1.807) is 38.5 Å². The fourth-order valence-corrected chi connectivity index (χ4v) is 2.38. The van der Waals surface area contributed by atoms with Gasteiger partial charge in [-0.3, -0.25) is 4.79 Å². The van der Waals surface area contributed by atoms with Crippen molar-refractivity contribution in [2.75, 3.05) is 14.2 Å². The highest BCUT2D eigenvalue weighted by atomic mass is 16.5. The van der Waals surface area contributed by atoms with Crippen molar-refractivity contribution in [2.24, 2.45) is 0 Å². The van der Waals surface area contributed by atoms with Gasteiger partial charge in [0.15, 0.2) is 23.4 Å². The highest BCUT2D eigenvalue weighted by molar-refractivity contribution is 5.91. The van der Waals surface area contributed by atoms with Crippen LogP contribution in [0.5, 0.6) is 11.5 Å². The highest BCUT2D eigenvalue weighted by Gasteiger charge is 2.24. The van der Waals surface area contributed by atoms with Crippen LogP contribution in [0.1, 0.15) is 31.2 Å². The van der Waals surface area contributed by atoms with Crippen molar-refractivity contribution in [1.29, 1.82) is 0 Å². The third-order valence-electron chi connectivity index (χ3n) is 3.58. The predicted molar refractivity (Wildman–Crippen MR) is 81.9 cm³/mol. The Kier molecular flexibility index (Phi) is 5.58. The molecule has 0 N–H and O–H groups in total. The van der Waals surface area contributed by atoms with Crippen molar-refractivity contribution in [3.63, 3.8) is 0 Å². The van der Waals surface area contributed by atoms with Gasteiger partial charge in [0, 0.05) is 12.5 Å². The minimum absolute atomic E-state index is 0.0131. The second kappa shape index (κ2) is 7.64. The number of carbonyl (C=O) groups excluding carboxylic acids is 2. The topological polar surface area (TPSA) is 61.8 Å². The Balaban J connectivity index is 1.98. The molecule has 1 saturated carbocycles. The zero-order valence-corrected chi connectivity index (χ0v) is 12.8. The Morgan fingerprint density at radius 2 is 1.95 bits per heavy atom. The lowest BCUT2D eigenvalue weighted by atomic mass is 9.96. The van der Waals surface area contributed by atoms with Crippen LogP contribution in [-0.4, -0.2) is 32.1 Å². The van der Waals surface area contributed by atoms with Gasteiger partial charge in [-0.15, -0.1) is 0 Å². The van der Waals surface area contributed by atoms with Crippen LogP contribution in [0.15, 0.2) is 24.3 Å². The number of hydrogen-bond donors (Lipinski definition) is 0. The van der Waals surface area contributed by atoms with Gasteiger partial charge >= 0.3 is 5.97 Å². The van der Waals surface area contributed by atoms with Crippen molar-refractivity contribution in [1.82, 2.24) is 0 Å². The summed E-state index contributed by atoms with van der Waals surface area (Å²) in [6.07, 6.45) is 5.28.